The lowest BCUT2D eigenvalue weighted by Crippen LogP contribution is -2.53. The molecule has 0 radical (unpaired) electrons. The summed E-state index contributed by atoms with van der Waals surface area (Å²) in [5.74, 6) is 0.983. The number of rotatable bonds is 5. The second-order valence-electron chi connectivity index (χ2n) is 7.14. The van der Waals surface area contributed by atoms with Crippen molar-refractivity contribution in [3.63, 3.8) is 0 Å². The van der Waals surface area contributed by atoms with Gasteiger partial charge in [-0.1, -0.05) is 30.3 Å². The molecule has 4 rings (SSSR count). The largest absolute Gasteiger partial charge is 0.496 e. The fraction of sp³-hybridized carbons (Fsp3) is 0.429. The number of ether oxygens (including phenoxy) is 2. The third-order valence-corrected chi connectivity index (χ3v) is 5.51. The molecule has 5 heteroatoms. The molecule has 0 aliphatic carbocycles. The number of piperidine rings is 1. The summed E-state index contributed by atoms with van der Waals surface area (Å²) in [6, 6.07) is 16.0. The molecule has 4 atom stereocenters. The van der Waals surface area contributed by atoms with Gasteiger partial charge in [0, 0.05) is 36.2 Å². The third kappa shape index (κ3) is 3.61. The predicted molar refractivity (Wildman–Crippen MR) is 98.6 cm³/mol. The highest BCUT2D eigenvalue weighted by atomic mass is 19.1. The Labute approximate surface area is 153 Å². The Kier molecular flexibility index (Phi) is 5.20. The lowest BCUT2D eigenvalue weighted by atomic mass is 9.83. The van der Waals surface area contributed by atoms with Crippen molar-refractivity contribution in [2.75, 3.05) is 20.3 Å². The first kappa shape index (κ1) is 17.5. The van der Waals surface area contributed by atoms with Crippen LogP contribution in [0.15, 0.2) is 48.5 Å². The summed E-state index contributed by atoms with van der Waals surface area (Å²) in [6.45, 7) is 2.15. The van der Waals surface area contributed by atoms with Crippen LogP contribution in [0, 0.1) is 11.7 Å². The van der Waals surface area contributed by atoms with Gasteiger partial charge in [-0.25, -0.2) is 4.39 Å². The Bertz CT molecular complexity index is 740. The van der Waals surface area contributed by atoms with Gasteiger partial charge in [-0.15, -0.1) is 0 Å². The van der Waals surface area contributed by atoms with E-state index in [4.69, 9.17) is 9.47 Å². The summed E-state index contributed by atoms with van der Waals surface area (Å²) in [4.78, 5) is 0. The van der Waals surface area contributed by atoms with Gasteiger partial charge in [-0.2, -0.15) is 0 Å². The van der Waals surface area contributed by atoms with Crippen LogP contribution in [-0.4, -0.2) is 32.4 Å². The highest BCUT2D eigenvalue weighted by Crippen LogP contribution is 2.33. The Balaban J connectivity index is 1.53. The number of hydrogen-bond acceptors (Lipinski definition) is 4. The van der Waals surface area contributed by atoms with Crippen LogP contribution in [0.3, 0.4) is 0 Å². The summed E-state index contributed by atoms with van der Waals surface area (Å²) >= 11 is 0. The Hall–Kier alpha value is -1.95. The van der Waals surface area contributed by atoms with E-state index in [-0.39, 0.29) is 17.9 Å². The number of benzene rings is 2. The highest BCUT2D eigenvalue weighted by Gasteiger charge is 2.40. The lowest BCUT2D eigenvalue weighted by molar-refractivity contribution is 0.182. The van der Waals surface area contributed by atoms with Crippen molar-refractivity contribution < 1.29 is 13.9 Å². The van der Waals surface area contributed by atoms with Crippen LogP contribution in [0.1, 0.15) is 23.6 Å². The maximum Gasteiger partial charge on any atom is 0.123 e. The molecule has 2 N–H and O–H groups in total. The van der Waals surface area contributed by atoms with Crippen molar-refractivity contribution in [3.05, 3.63) is 65.5 Å². The molecule has 0 amide bonds. The summed E-state index contributed by atoms with van der Waals surface area (Å²) in [5.41, 5.74) is 2.10. The number of fused-ring (bicyclic) bond motifs is 1. The summed E-state index contributed by atoms with van der Waals surface area (Å²) in [6.07, 6.45) is 1.04. The average molecular weight is 356 g/mol. The van der Waals surface area contributed by atoms with Crippen molar-refractivity contribution in [3.8, 4) is 5.75 Å². The average Bonchev–Trinajstić information content (AvgIpc) is 3.14. The normalized spacial score (nSPS) is 27.9. The van der Waals surface area contributed by atoms with Gasteiger partial charge in [0.2, 0.25) is 0 Å². The van der Waals surface area contributed by atoms with Crippen LogP contribution >= 0.6 is 0 Å². The minimum atomic E-state index is -0.242. The van der Waals surface area contributed by atoms with Gasteiger partial charge in [0.05, 0.1) is 20.3 Å². The molecule has 2 heterocycles. The van der Waals surface area contributed by atoms with Crippen LogP contribution in [0.4, 0.5) is 4.39 Å². The van der Waals surface area contributed by atoms with E-state index in [1.54, 1.807) is 19.2 Å². The number of methoxy groups -OCH3 is 1. The molecule has 2 saturated heterocycles. The zero-order chi connectivity index (χ0) is 17.9. The Morgan fingerprint density at radius 2 is 2.04 bits per heavy atom. The maximum absolute atomic E-state index is 13.7. The smallest absolute Gasteiger partial charge is 0.123 e. The van der Waals surface area contributed by atoms with Crippen LogP contribution in [0.25, 0.3) is 0 Å². The number of halogens is 1. The van der Waals surface area contributed by atoms with Gasteiger partial charge in [0.25, 0.3) is 0 Å². The number of nitrogens with one attached hydrogen (secondary N) is 2. The molecule has 0 aromatic heterocycles. The molecule has 0 saturated carbocycles. The molecule has 2 fully saturated rings. The van der Waals surface area contributed by atoms with Crippen molar-refractivity contribution in [2.45, 2.75) is 31.1 Å². The van der Waals surface area contributed by atoms with Crippen molar-refractivity contribution >= 4 is 0 Å². The summed E-state index contributed by atoms with van der Waals surface area (Å²) < 4.78 is 24.7. The predicted octanol–water partition coefficient (Wildman–Crippen LogP) is 3.04. The second-order valence-corrected chi connectivity index (χ2v) is 7.14. The van der Waals surface area contributed by atoms with E-state index in [2.05, 4.69) is 34.9 Å². The van der Waals surface area contributed by atoms with Crippen LogP contribution < -0.4 is 15.4 Å². The van der Waals surface area contributed by atoms with Gasteiger partial charge in [-0.3, -0.25) is 0 Å². The highest BCUT2D eigenvalue weighted by molar-refractivity contribution is 5.34. The zero-order valence-corrected chi connectivity index (χ0v) is 15.0. The Morgan fingerprint density at radius 1 is 1.19 bits per heavy atom. The molecule has 0 bridgehead atoms. The fourth-order valence-corrected chi connectivity index (χ4v) is 4.14. The summed E-state index contributed by atoms with van der Waals surface area (Å²) in [5, 5.41) is 7.40. The quantitative estimate of drug-likeness (QED) is 0.864. The topological polar surface area (TPSA) is 42.5 Å². The second kappa shape index (κ2) is 7.74. The first-order chi connectivity index (χ1) is 12.7. The third-order valence-electron chi connectivity index (χ3n) is 5.51. The minimum Gasteiger partial charge on any atom is -0.496 e. The van der Waals surface area contributed by atoms with E-state index in [1.165, 1.54) is 11.6 Å². The van der Waals surface area contributed by atoms with E-state index in [0.29, 0.717) is 24.3 Å². The molecule has 2 aromatic carbocycles. The first-order valence-corrected chi connectivity index (χ1v) is 9.19. The van der Waals surface area contributed by atoms with Gasteiger partial charge in [-0.05, 0) is 30.2 Å². The maximum atomic E-state index is 13.7. The molecule has 0 spiro atoms. The molecule has 26 heavy (non-hydrogen) atoms. The molecule has 4 nitrogen and oxygen atoms in total. The van der Waals surface area contributed by atoms with Gasteiger partial charge in [0.15, 0.2) is 0 Å². The Morgan fingerprint density at radius 3 is 2.85 bits per heavy atom. The van der Waals surface area contributed by atoms with Gasteiger partial charge in [0.1, 0.15) is 11.6 Å². The lowest BCUT2D eigenvalue weighted by Gasteiger charge is -2.40. The zero-order valence-electron chi connectivity index (χ0n) is 15.0. The molecule has 2 aliphatic heterocycles. The van der Waals surface area contributed by atoms with Gasteiger partial charge >= 0.3 is 0 Å². The molecular formula is C21H25FN2O2. The molecule has 4 unspecified atom stereocenters. The van der Waals surface area contributed by atoms with E-state index < -0.39 is 0 Å². The number of hydrogen-bond donors (Lipinski definition) is 2. The molecular weight excluding hydrogens is 331 g/mol. The van der Waals surface area contributed by atoms with E-state index in [0.717, 1.165) is 25.2 Å². The van der Waals surface area contributed by atoms with E-state index in [9.17, 15) is 4.39 Å². The SMILES string of the molecule is COc1ccc(F)cc1CNC1CC2COCC2NC1c1ccccc1. The minimum absolute atomic E-state index is 0.207. The van der Waals surface area contributed by atoms with Crippen LogP contribution in [0.2, 0.25) is 0 Å². The van der Waals surface area contributed by atoms with Gasteiger partial charge < -0.3 is 20.1 Å². The molecule has 2 aliphatic rings. The summed E-state index contributed by atoms with van der Waals surface area (Å²) in [7, 11) is 1.62. The van der Waals surface area contributed by atoms with E-state index in [1.807, 2.05) is 6.07 Å². The first-order valence-electron chi connectivity index (χ1n) is 9.19. The van der Waals surface area contributed by atoms with E-state index >= 15 is 0 Å². The molecule has 2 aromatic rings. The van der Waals surface area contributed by atoms with Crippen molar-refractivity contribution in [1.29, 1.82) is 0 Å². The van der Waals surface area contributed by atoms with Crippen molar-refractivity contribution in [2.24, 2.45) is 5.92 Å². The molecule has 138 valence electrons. The fourth-order valence-electron chi connectivity index (χ4n) is 4.14. The van der Waals surface area contributed by atoms with Crippen LogP contribution in [-0.2, 0) is 11.3 Å². The van der Waals surface area contributed by atoms with Crippen LogP contribution in [0.5, 0.6) is 5.75 Å². The van der Waals surface area contributed by atoms with Crippen molar-refractivity contribution in [1.82, 2.24) is 10.6 Å². The monoisotopic (exact) mass is 356 g/mol. The standard InChI is InChI=1S/C21H25FN2O2/c1-25-20-8-7-17(22)9-15(20)11-23-18-10-16-12-26-13-19(16)24-21(18)14-5-3-2-4-6-14/h2-9,16,18-19,21,23-24H,10-13H2,1H3.